The van der Waals surface area contributed by atoms with Crippen LogP contribution < -0.4 is 5.32 Å². The van der Waals surface area contributed by atoms with Gasteiger partial charge in [-0.25, -0.2) is 0 Å². The van der Waals surface area contributed by atoms with Crippen LogP contribution in [0.1, 0.15) is 49.1 Å². The predicted octanol–water partition coefficient (Wildman–Crippen LogP) is 3.63. The summed E-state index contributed by atoms with van der Waals surface area (Å²) in [6.45, 7) is 3.46. The summed E-state index contributed by atoms with van der Waals surface area (Å²) in [5.41, 5.74) is 3.06. The number of rotatable bonds is 5. The Morgan fingerprint density at radius 3 is 2.53 bits per heavy atom. The average molecular weight is 229 g/mol. The van der Waals surface area contributed by atoms with E-state index in [1.165, 1.54) is 44.2 Å². The Kier molecular flexibility index (Phi) is 3.19. The molecule has 17 heavy (non-hydrogen) atoms. The SMILES string of the molecule is Cc1ccccc1C(CNC1CC1)C1CCC1. The molecule has 2 saturated carbocycles. The first-order chi connectivity index (χ1) is 8.34. The van der Waals surface area contributed by atoms with Gasteiger partial charge in [-0.3, -0.25) is 0 Å². The van der Waals surface area contributed by atoms with Gasteiger partial charge in [0.2, 0.25) is 0 Å². The molecule has 1 aromatic carbocycles. The van der Waals surface area contributed by atoms with Crippen molar-refractivity contribution in [1.82, 2.24) is 5.32 Å². The quantitative estimate of drug-likeness (QED) is 0.813. The molecule has 0 aliphatic heterocycles. The Labute approximate surface area is 105 Å². The Morgan fingerprint density at radius 1 is 1.18 bits per heavy atom. The standard InChI is InChI=1S/C16H23N/c1-12-5-2-3-8-15(12)16(13-6-4-7-13)11-17-14-9-10-14/h2-3,5,8,13-14,16-17H,4,6-7,9-11H2,1H3. The first-order valence-electron chi connectivity index (χ1n) is 7.13. The van der Waals surface area contributed by atoms with Gasteiger partial charge in [-0.05, 0) is 55.6 Å². The van der Waals surface area contributed by atoms with Crippen LogP contribution in [0.5, 0.6) is 0 Å². The molecule has 3 rings (SSSR count). The molecule has 1 nitrogen and oxygen atoms in total. The van der Waals surface area contributed by atoms with Crippen LogP contribution in [0.4, 0.5) is 0 Å². The summed E-state index contributed by atoms with van der Waals surface area (Å²) in [5, 5.41) is 3.73. The highest BCUT2D eigenvalue weighted by Gasteiger charge is 2.31. The fourth-order valence-corrected chi connectivity index (χ4v) is 2.96. The zero-order valence-corrected chi connectivity index (χ0v) is 10.8. The van der Waals surface area contributed by atoms with Gasteiger partial charge in [0.15, 0.2) is 0 Å². The molecule has 0 saturated heterocycles. The Balaban J connectivity index is 1.74. The largest absolute Gasteiger partial charge is 0.313 e. The first-order valence-corrected chi connectivity index (χ1v) is 7.13. The van der Waals surface area contributed by atoms with E-state index >= 15 is 0 Å². The molecule has 0 bridgehead atoms. The molecule has 92 valence electrons. The molecule has 0 radical (unpaired) electrons. The second-order valence-corrected chi connectivity index (χ2v) is 5.84. The third-order valence-corrected chi connectivity index (χ3v) is 4.51. The molecule has 0 aromatic heterocycles. The molecule has 1 unspecified atom stereocenters. The molecular formula is C16H23N. The van der Waals surface area contributed by atoms with Crippen LogP contribution in [-0.2, 0) is 0 Å². The Hall–Kier alpha value is -0.820. The van der Waals surface area contributed by atoms with Gasteiger partial charge < -0.3 is 5.32 Å². The summed E-state index contributed by atoms with van der Waals surface area (Å²) in [6, 6.07) is 9.79. The van der Waals surface area contributed by atoms with Gasteiger partial charge in [0, 0.05) is 12.6 Å². The van der Waals surface area contributed by atoms with Crippen molar-refractivity contribution in [1.29, 1.82) is 0 Å². The van der Waals surface area contributed by atoms with Gasteiger partial charge in [0.05, 0.1) is 0 Å². The maximum absolute atomic E-state index is 3.73. The molecule has 1 aromatic rings. The van der Waals surface area contributed by atoms with E-state index < -0.39 is 0 Å². The van der Waals surface area contributed by atoms with E-state index in [1.54, 1.807) is 5.56 Å². The van der Waals surface area contributed by atoms with E-state index in [0.29, 0.717) is 0 Å². The van der Waals surface area contributed by atoms with Gasteiger partial charge in [-0.1, -0.05) is 30.7 Å². The van der Waals surface area contributed by atoms with E-state index in [1.807, 2.05) is 0 Å². The molecule has 2 fully saturated rings. The molecule has 0 heterocycles. The minimum atomic E-state index is 0.755. The second kappa shape index (κ2) is 4.81. The first kappa shape index (κ1) is 11.3. The van der Waals surface area contributed by atoms with Crippen LogP contribution in [-0.4, -0.2) is 12.6 Å². The van der Waals surface area contributed by atoms with Crippen LogP contribution in [0.15, 0.2) is 24.3 Å². The number of nitrogens with one attached hydrogen (secondary N) is 1. The van der Waals surface area contributed by atoms with Gasteiger partial charge in [0.25, 0.3) is 0 Å². The van der Waals surface area contributed by atoms with Crippen molar-refractivity contribution in [2.75, 3.05) is 6.54 Å². The minimum Gasteiger partial charge on any atom is -0.313 e. The highest BCUT2D eigenvalue weighted by molar-refractivity contribution is 5.30. The van der Waals surface area contributed by atoms with Crippen molar-refractivity contribution < 1.29 is 0 Å². The molecule has 0 spiro atoms. The van der Waals surface area contributed by atoms with E-state index in [2.05, 4.69) is 36.5 Å². The summed E-state index contributed by atoms with van der Waals surface area (Å²) in [6.07, 6.45) is 7.10. The lowest BCUT2D eigenvalue weighted by Gasteiger charge is -2.35. The second-order valence-electron chi connectivity index (χ2n) is 5.84. The third-order valence-electron chi connectivity index (χ3n) is 4.51. The average Bonchev–Trinajstić information content (AvgIpc) is 3.06. The summed E-state index contributed by atoms with van der Waals surface area (Å²) in [5.74, 6) is 1.69. The fourth-order valence-electron chi connectivity index (χ4n) is 2.96. The number of hydrogen-bond acceptors (Lipinski definition) is 1. The zero-order valence-electron chi connectivity index (χ0n) is 10.8. The van der Waals surface area contributed by atoms with Crippen LogP contribution >= 0.6 is 0 Å². The van der Waals surface area contributed by atoms with E-state index in [9.17, 15) is 0 Å². The topological polar surface area (TPSA) is 12.0 Å². The fraction of sp³-hybridized carbons (Fsp3) is 0.625. The Morgan fingerprint density at radius 2 is 1.94 bits per heavy atom. The molecule has 1 N–H and O–H groups in total. The molecular weight excluding hydrogens is 206 g/mol. The van der Waals surface area contributed by atoms with Crippen LogP contribution in [0.2, 0.25) is 0 Å². The van der Waals surface area contributed by atoms with E-state index in [-0.39, 0.29) is 0 Å². The lowest BCUT2D eigenvalue weighted by Crippen LogP contribution is -2.31. The van der Waals surface area contributed by atoms with Crippen LogP contribution in [0, 0.1) is 12.8 Å². The van der Waals surface area contributed by atoms with Crippen molar-refractivity contribution >= 4 is 0 Å². The monoisotopic (exact) mass is 229 g/mol. The smallest absolute Gasteiger partial charge is 0.00684 e. The lowest BCUT2D eigenvalue weighted by atomic mass is 9.72. The highest BCUT2D eigenvalue weighted by Crippen LogP contribution is 2.40. The summed E-state index contributed by atoms with van der Waals surface area (Å²) in [7, 11) is 0. The Bertz CT molecular complexity index is 377. The molecule has 2 aliphatic carbocycles. The third kappa shape index (κ3) is 2.55. The minimum absolute atomic E-state index is 0.755. The lowest BCUT2D eigenvalue weighted by molar-refractivity contribution is 0.254. The van der Waals surface area contributed by atoms with Crippen molar-refractivity contribution in [2.45, 2.75) is 51.0 Å². The number of aryl methyl sites for hydroxylation is 1. The summed E-state index contributed by atoms with van der Waals surface area (Å²) >= 11 is 0. The molecule has 2 aliphatic rings. The van der Waals surface area contributed by atoms with Gasteiger partial charge in [0.1, 0.15) is 0 Å². The summed E-state index contributed by atoms with van der Waals surface area (Å²) in [4.78, 5) is 0. The predicted molar refractivity (Wildman–Crippen MR) is 72.3 cm³/mol. The maximum Gasteiger partial charge on any atom is 0.00684 e. The van der Waals surface area contributed by atoms with Crippen LogP contribution in [0.3, 0.4) is 0 Å². The highest BCUT2D eigenvalue weighted by atomic mass is 14.9. The number of benzene rings is 1. The molecule has 1 heteroatoms. The van der Waals surface area contributed by atoms with Gasteiger partial charge >= 0.3 is 0 Å². The van der Waals surface area contributed by atoms with Crippen molar-refractivity contribution in [3.05, 3.63) is 35.4 Å². The van der Waals surface area contributed by atoms with Gasteiger partial charge in [-0.15, -0.1) is 0 Å². The number of hydrogen-bond donors (Lipinski definition) is 1. The molecule has 0 amide bonds. The van der Waals surface area contributed by atoms with Crippen LogP contribution in [0.25, 0.3) is 0 Å². The van der Waals surface area contributed by atoms with Gasteiger partial charge in [-0.2, -0.15) is 0 Å². The molecule has 1 atom stereocenters. The maximum atomic E-state index is 3.73. The zero-order chi connectivity index (χ0) is 11.7. The van der Waals surface area contributed by atoms with E-state index in [0.717, 1.165) is 17.9 Å². The van der Waals surface area contributed by atoms with Crippen molar-refractivity contribution in [2.24, 2.45) is 5.92 Å². The van der Waals surface area contributed by atoms with Crippen molar-refractivity contribution in [3.8, 4) is 0 Å². The van der Waals surface area contributed by atoms with Crippen molar-refractivity contribution in [3.63, 3.8) is 0 Å². The summed E-state index contributed by atoms with van der Waals surface area (Å²) < 4.78 is 0. The van der Waals surface area contributed by atoms with E-state index in [4.69, 9.17) is 0 Å². The normalized spacial score (nSPS) is 22.2.